The Kier molecular flexibility index (Phi) is 7.29. The lowest BCUT2D eigenvalue weighted by atomic mass is 9.88. The van der Waals surface area contributed by atoms with Gasteiger partial charge in [-0.1, -0.05) is 29.3 Å². The zero-order valence-electron chi connectivity index (χ0n) is 25.1. The largest absolute Gasteiger partial charge is 0.418 e. The highest BCUT2D eigenvalue weighted by atomic mass is 35.5. The maximum atomic E-state index is 13.8. The van der Waals surface area contributed by atoms with Crippen LogP contribution in [0.5, 0.6) is 0 Å². The average Bonchev–Trinajstić information content (AvgIpc) is 3.40. The lowest BCUT2D eigenvalue weighted by molar-refractivity contribution is -0.137. The van der Waals surface area contributed by atoms with Crippen molar-refractivity contribution < 1.29 is 26.3 Å². The molecule has 2 aromatic carbocycles. The first-order valence-electron chi connectivity index (χ1n) is 14.8. The van der Waals surface area contributed by atoms with Crippen molar-refractivity contribution in [3.8, 4) is 0 Å². The van der Waals surface area contributed by atoms with Gasteiger partial charge in [-0.2, -0.15) is 26.3 Å². The monoisotopic (exact) mass is 654 g/mol. The minimum atomic E-state index is -4.39. The Bertz CT molecular complexity index is 1710. The van der Waals surface area contributed by atoms with Crippen molar-refractivity contribution in [1.82, 2.24) is 4.57 Å². The second-order valence-electron chi connectivity index (χ2n) is 13.9. The molecule has 2 aliphatic heterocycles. The predicted molar refractivity (Wildman–Crippen MR) is 165 cm³/mol. The van der Waals surface area contributed by atoms with Crippen LogP contribution in [0.4, 0.5) is 32.0 Å². The Balaban J connectivity index is 0.000000156. The van der Waals surface area contributed by atoms with Gasteiger partial charge in [0.15, 0.2) is 0 Å². The van der Waals surface area contributed by atoms with Gasteiger partial charge in [-0.05, 0) is 115 Å². The summed E-state index contributed by atoms with van der Waals surface area (Å²) in [6, 6.07) is 9.63. The molecule has 4 aliphatic rings. The molecule has 1 aromatic heterocycles. The van der Waals surface area contributed by atoms with E-state index in [9.17, 15) is 26.3 Å². The zero-order chi connectivity index (χ0) is 32.1. The number of fused-ring (bicyclic) bond motifs is 5. The number of rotatable bonds is 1. The minimum absolute atomic E-state index is 0.0119. The highest BCUT2D eigenvalue weighted by Crippen LogP contribution is 2.58. The smallest absolute Gasteiger partial charge is 0.338 e. The fourth-order valence-corrected chi connectivity index (χ4v) is 7.87. The van der Waals surface area contributed by atoms with Gasteiger partial charge in [0.05, 0.1) is 11.1 Å². The molecule has 3 heterocycles. The molecule has 1 saturated carbocycles. The molecule has 0 bridgehead atoms. The van der Waals surface area contributed by atoms with E-state index in [-0.39, 0.29) is 27.9 Å². The number of alkyl halides is 6. The molecule has 44 heavy (non-hydrogen) atoms. The molecule has 0 N–H and O–H groups in total. The summed E-state index contributed by atoms with van der Waals surface area (Å²) in [4.78, 5) is 2.00. The molecule has 0 saturated heterocycles. The van der Waals surface area contributed by atoms with E-state index in [1.807, 2.05) is 50.2 Å². The first kappa shape index (κ1) is 31.4. The third kappa shape index (κ3) is 5.24. The Hall–Kier alpha value is -2.58. The standard InChI is InChI=1S/2C17H17ClF3N/c1-16(2)8-12(9-3-4-9)15-14(17(19,20)21)11-7-10(18)5-6-13(11)22(15)16;1-16(2,3)22-13-6-4-5-11(13)15(17(19,20)21)12-9-10(18)7-8-14(12)22/h5-7,9,12H,3-4,8H2,1-2H3;6-9H,4-5H2,1-3H3. The van der Waals surface area contributed by atoms with Gasteiger partial charge in [-0.3, -0.25) is 0 Å². The molecular formula is C34H34Cl2F6N2. The highest BCUT2D eigenvalue weighted by molar-refractivity contribution is 6.31. The zero-order valence-corrected chi connectivity index (χ0v) is 26.7. The van der Waals surface area contributed by atoms with Crippen molar-refractivity contribution >= 4 is 45.4 Å². The first-order chi connectivity index (χ1) is 20.3. The summed E-state index contributed by atoms with van der Waals surface area (Å²) in [7, 11) is 0. The van der Waals surface area contributed by atoms with E-state index in [1.54, 1.807) is 24.3 Å². The van der Waals surface area contributed by atoms with Crippen LogP contribution in [-0.2, 0) is 11.7 Å². The molecule has 1 atom stereocenters. The van der Waals surface area contributed by atoms with Crippen molar-refractivity contribution in [2.45, 2.75) is 96.1 Å². The molecule has 2 nitrogen and oxygen atoms in total. The molecule has 0 radical (unpaired) electrons. The van der Waals surface area contributed by atoms with Crippen LogP contribution in [0.25, 0.3) is 16.5 Å². The molecule has 236 valence electrons. The summed E-state index contributed by atoms with van der Waals surface area (Å²) in [5.41, 5.74) is 1.36. The summed E-state index contributed by atoms with van der Waals surface area (Å²) in [6.45, 7) is 10.1. The highest BCUT2D eigenvalue weighted by Gasteiger charge is 2.51. The van der Waals surface area contributed by atoms with E-state index in [4.69, 9.17) is 23.2 Å². The average molecular weight is 656 g/mol. The molecule has 1 unspecified atom stereocenters. The fourth-order valence-electron chi connectivity index (χ4n) is 7.53. The maximum Gasteiger partial charge on any atom is 0.418 e. The summed E-state index contributed by atoms with van der Waals surface area (Å²) < 4.78 is 84.3. The van der Waals surface area contributed by atoms with Crippen molar-refractivity contribution in [3.63, 3.8) is 0 Å². The minimum Gasteiger partial charge on any atom is -0.338 e. The molecule has 0 spiro atoms. The third-order valence-electron chi connectivity index (χ3n) is 9.12. The number of allylic oxidation sites excluding steroid dienone is 3. The van der Waals surface area contributed by atoms with Crippen LogP contribution in [-0.4, -0.2) is 16.3 Å². The van der Waals surface area contributed by atoms with Crippen LogP contribution in [0.1, 0.15) is 89.5 Å². The van der Waals surface area contributed by atoms with Crippen molar-refractivity contribution in [2.75, 3.05) is 4.90 Å². The second-order valence-corrected chi connectivity index (χ2v) is 14.7. The SMILES string of the molecule is CC(C)(C)N1C2=CCCC2=C(C(F)(F)F)c2cc(Cl)ccc21.CC1(C)CC(C2CC2)c2c(C(F)(F)F)c3cc(Cl)ccc3n21. The van der Waals surface area contributed by atoms with Crippen molar-refractivity contribution in [2.24, 2.45) is 5.92 Å². The summed E-state index contributed by atoms with van der Waals surface area (Å²) >= 11 is 11.9. The quantitative estimate of drug-likeness (QED) is 0.237. The fraction of sp³-hybridized carbons (Fsp3) is 0.471. The summed E-state index contributed by atoms with van der Waals surface area (Å²) in [5, 5.41) is 0.914. The Morgan fingerprint density at radius 2 is 1.50 bits per heavy atom. The van der Waals surface area contributed by atoms with Crippen LogP contribution in [0.15, 0.2) is 53.7 Å². The van der Waals surface area contributed by atoms with Crippen molar-refractivity contribution in [1.29, 1.82) is 0 Å². The normalized spacial score (nSPS) is 21.2. The number of anilines is 1. The number of halogens is 8. The van der Waals surface area contributed by atoms with Gasteiger partial charge in [-0.25, -0.2) is 0 Å². The molecule has 10 heteroatoms. The number of benzene rings is 2. The van der Waals surface area contributed by atoms with Crippen LogP contribution in [0.3, 0.4) is 0 Å². The van der Waals surface area contributed by atoms with Gasteiger partial charge in [0.2, 0.25) is 0 Å². The van der Waals surface area contributed by atoms with E-state index in [2.05, 4.69) is 0 Å². The Morgan fingerprint density at radius 1 is 0.864 bits per heavy atom. The summed E-state index contributed by atoms with van der Waals surface area (Å²) in [6.07, 6.45) is -2.90. The van der Waals surface area contributed by atoms with Gasteiger partial charge in [0.1, 0.15) is 0 Å². The van der Waals surface area contributed by atoms with E-state index in [0.29, 0.717) is 57.0 Å². The van der Waals surface area contributed by atoms with Crippen LogP contribution in [0.2, 0.25) is 10.0 Å². The Labute approximate surface area is 263 Å². The molecule has 1 fully saturated rings. The Morgan fingerprint density at radius 3 is 2.09 bits per heavy atom. The van der Waals surface area contributed by atoms with Gasteiger partial charge in [-0.15, -0.1) is 0 Å². The second kappa shape index (κ2) is 10.2. The molecular weight excluding hydrogens is 621 g/mol. The van der Waals surface area contributed by atoms with Gasteiger partial charge >= 0.3 is 12.4 Å². The van der Waals surface area contributed by atoms with Crippen LogP contribution < -0.4 is 4.90 Å². The van der Waals surface area contributed by atoms with Gasteiger partial charge in [0.25, 0.3) is 0 Å². The molecule has 3 aromatic rings. The number of hydrogen-bond acceptors (Lipinski definition) is 1. The molecule has 2 aliphatic carbocycles. The number of nitrogens with zero attached hydrogens (tertiary/aromatic N) is 2. The predicted octanol–water partition coefficient (Wildman–Crippen LogP) is 11.9. The van der Waals surface area contributed by atoms with E-state index in [0.717, 1.165) is 19.3 Å². The molecule has 7 rings (SSSR count). The molecule has 0 amide bonds. The van der Waals surface area contributed by atoms with Gasteiger partial charge in [0, 0.05) is 60.6 Å². The topological polar surface area (TPSA) is 8.17 Å². The summed E-state index contributed by atoms with van der Waals surface area (Å²) in [5.74, 6) is 0.416. The number of aromatic nitrogens is 1. The van der Waals surface area contributed by atoms with Crippen LogP contribution >= 0.6 is 23.2 Å². The maximum absolute atomic E-state index is 13.8. The lowest BCUT2D eigenvalue weighted by Crippen LogP contribution is -2.43. The van der Waals surface area contributed by atoms with Gasteiger partial charge < -0.3 is 9.47 Å². The first-order valence-corrected chi connectivity index (χ1v) is 15.6. The van der Waals surface area contributed by atoms with E-state index in [1.165, 1.54) is 12.1 Å². The van der Waals surface area contributed by atoms with E-state index < -0.39 is 23.5 Å². The van der Waals surface area contributed by atoms with Crippen molar-refractivity contribution in [3.05, 3.63) is 80.6 Å². The van der Waals surface area contributed by atoms with Crippen LogP contribution in [0, 0.1) is 5.92 Å². The third-order valence-corrected chi connectivity index (χ3v) is 9.59. The number of hydrogen-bond donors (Lipinski definition) is 0. The van der Waals surface area contributed by atoms with E-state index >= 15 is 0 Å². The lowest BCUT2D eigenvalue weighted by Gasteiger charge is -2.44.